The molecule has 0 bridgehead atoms. The first-order valence-corrected chi connectivity index (χ1v) is 10.9. The number of fused-ring (bicyclic) bond motifs is 1. The Bertz CT molecular complexity index is 1300. The fourth-order valence-electron chi connectivity index (χ4n) is 3.90. The van der Waals surface area contributed by atoms with Gasteiger partial charge in [0.15, 0.2) is 5.65 Å². The summed E-state index contributed by atoms with van der Waals surface area (Å²) in [6, 6.07) is 13.7. The van der Waals surface area contributed by atoms with Gasteiger partial charge in [-0.25, -0.2) is 14.6 Å². The number of morpholine rings is 1. The van der Waals surface area contributed by atoms with E-state index in [1.54, 1.807) is 16.8 Å². The van der Waals surface area contributed by atoms with Gasteiger partial charge in [-0.3, -0.25) is 15.0 Å². The molecule has 3 heterocycles. The van der Waals surface area contributed by atoms with Crippen molar-refractivity contribution in [1.29, 1.82) is 0 Å². The van der Waals surface area contributed by atoms with Gasteiger partial charge in [-0.15, -0.1) is 0 Å². The molecule has 4 aromatic rings. The van der Waals surface area contributed by atoms with Crippen LogP contribution < -0.4 is 10.5 Å². The zero-order valence-corrected chi connectivity index (χ0v) is 18.3. The van der Waals surface area contributed by atoms with Gasteiger partial charge in [0.1, 0.15) is 30.2 Å². The zero-order valence-electron chi connectivity index (χ0n) is 18.3. The van der Waals surface area contributed by atoms with Crippen LogP contribution in [0.2, 0.25) is 0 Å². The summed E-state index contributed by atoms with van der Waals surface area (Å²) in [4.78, 5) is 21.4. The van der Waals surface area contributed by atoms with Crippen molar-refractivity contribution in [3.63, 3.8) is 0 Å². The van der Waals surface area contributed by atoms with Crippen LogP contribution in [0.4, 0.5) is 11.5 Å². The van der Waals surface area contributed by atoms with E-state index in [2.05, 4.69) is 14.9 Å². The van der Waals surface area contributed by atoms with Gasteiger partial charge in [0.25, 0.3) is 5.69 Å². The second-order valence-corrected chi connectivity index (χ2v) is 7.82. The molecule has 34 heavy (non-hydrogen) atoms. The molecule has 11 heteroatoms. The van der Waals surface area contributed by atoms with Gasteiger partial charge in [-0.1, -0.05) is 0 Å². The van der Waals surface area contributed by atoms with Gasteiger partial charge in [0.05, 0.1) is 29.2 Å². The second kappa shape index (κ2) is 9.41. The summed E-state index contributed by atoms with van der Waals surface area (Å²) < 4.78 is 12.9. The highest BCUT2D eigenvalue weighted by Crippen LogP contribution is 2.32. The number of non-ortho nitro benzene ring substituents is 1. The van der Waals surface area contributed by atoms with Crippen molar-refractivity contribution >= 4 is 22.5 Å². The van der Waals surface area contributed by atoms with Crippen LogP contribution in [-0.4, -0.2) is 69.0 Å². The Labute approximate surface area is 194 Å². The lowest BCUT2D eigenvalue weighted by atomic mass is 10.1. The summed E-state index contributed by atoms with van der Waals surface area (Å²) in [5, 5.41) is 16.3. The third-order valence-corrected chi connectivity index (χ3v) is 5.71. The quantitative estimate of drug-likeness (QED) is 0.325. The monoisotopic (exact) mass is 461 g/mol. The summed E-state index contributed by atoms with van der Waals surface area (Å²) in [5.74, 6) is 1.07. The predicted molar refractivity (Wildman–Crippen MR) is 126 cm³/mol. The Morgan fingerprint density at radius 3 is 2.50 bits per heavy atom. The van der Waals surface area contributed by atoms with Crippen LogP contribution in [-0.2, 0) is 4.74 Å². The number of nitrogens with zero attached hydrogens (tertiary/aromatic N) is 6. The predicted octanol–water partition coefficient (Wildman–Crippen LogP) is 2.68. The van der Waals surface area contributed by atoms with Gasteiger partial charge in [0.2, 0.25) is 0 Å². The fourth-order valence-corrected chi connectivity index (χ4v) is 3.90. The van der Waals surface area contributed by atoms with E-state index in [0.717, 1.165) is 44.2 Å². The molecule has 1 saturated heterocycles. The highest BCUT2D eigenvalue weighted by molar-refractivity contribution is 5.98. The number of hydrogen-bond acceptors (Lipinski definition) is 9. The number of rotatable bonds is 7. The highest BCUT2D eigenvalue weighted by atomic mass is 16.6. The van der Waals surface area contributed by atoms with Crippen LogP contribution in [0.3, 0.4) is 0 Å². The normalized spacial score (nSPS) is 14.4. The van der Waals surface area contributed by atoms with E-state index in [0.29, 0.717) is 34.8 Å². The number of nitro benzene ring substituents is 1. The third kappa shape index (κ3) is 4.38. The van der Waals surface area contributed by atoms with Crippen molar-refractivity contribution in [3.8, 4) is 22.7 Å². The van der Waals surface area contributed by atoms with Crippen molar-refractivity contribution in [2.75, 3.05) is 45.2 Å². The van der Waals surface area contributed by atoms with Crippen molar-refractivity contribution in [3.05, 3.63) is 65.0 Å². The van der Waals surface area contributed by atoms with Gasteiger partial charge in [-0.05, 0) is 36.4 Å². The molecule has 0 unspecified atom stereocenters. The van der Waals surface area contributed by atoms with Gasteiger partial charge in [-0.2, -0.15) is 5.10 Å². The SMILES string of the molecule is Nc1ncnc2c1c(-c1ccc(OCCN3CCOCC3)cc1)nn2-c1ccc([N+](=O)[O-])cc1. The summed E-state index contributed by atoms with van der Waals surface area (Å²) in [5.41, 5.74) is 8.77. The summed E-state index contributed by atoms with van der Waals surface area (Å²) in [7, 11) is 0. The van der Waals surface area contributed by atoms with Crippen molar-refractivity contribution in [1.82, 2.24) is 24.6 Å². The number of hydrogen-bond donors (Lipinski definition) is 1. The van der Waals surface area contributed by atoms with Crippen LogP contribution in [0.5, 0.6) is 5.75 Å². The number of nitro groups is 1. The maximum Gasteiger partial charge on any atom is 0.269 e. The topological polar surface area (TPSA) is 134 Å². The molecule has 1 fully saturated rings. The molecular weight excluding hydrogens is 438 g/mol. The maximum absolute atomic E-state index is 11.0. The molecule has 0 radical (unpaired) electrons. The molecule has 1 aliphatic heterocycles. The Morgan fingerprint density at radius 2 is 1.79 bits per heavy atom. The minimum absolute atomic E-state index is 0.00113. The lowest BCUT2D eigenvalue weighted by molar-refractivity contribution is -0.384. The standard InChI is InChI=1S/C23H23N7O4/c24-22-20-21(16-1-7-19(8-2-16)34-14-11-28-9-12-33-13-10-28)27-29(23(20)26-15-25-22)17-3-5-18(6-4-17)30(31)32/h1-8,15H,9-14H2,(H2,24,25,26). The molecule has 0 atom stereocenters. The average Bonchev–Trinajstić information content (AvgIpc) is 3.26. The van der Waals surface area contributed by atoms with Crippen LogP contribution in [0, 0.1) is 10.1 Å². The Balaban J connectivity index is 1.40. The fraction of sp³-hybridized carbons (Fsp3) is 0.261. The number of benzene rings is 2. The number of ether oxygens (including phenoxy) is 2. The minimum atomic E-state index is -0.443. The van der Waals surface area contributed by atoms with Crippen LogP contribution >= 0.6 is 0 Å². The van der Waals surface area contributed by atoms with E-state index in [-0.39, 0.29) is 5.69 Å². The van der Waals surface area contributed by atoms with Crippen molar-refractivity contribution in [2.45, 2.75) is 0 Å². The smallest absolute Gasteiger partial charge is 0.269 e. The molecule has 2 aromatic carbocycles. The molecule has 2 aromatic heterocycles. The van der Waals surface area contributed by atoms with Crippen molar-refractivity contribution in [2.24, 2.45) is 0 Å². The number of nitrogens with two attached hydrogens (primary N) is 1. The van der Waals surface area contributed by atoms with Gasteiger partial charge in [0, 0.05) is 37.3 Å². The number of anilines is 1. The van der Waals surface area contributed by atoms with E-state index in [1.807, 2.05) is 24.3 Å². The van der Waals surface area contributed by atoms with E-state index in [1.165, 1.54) is 18.5 Å². The zero-order chi connectivity index (χ0) is 23.5. The van der Waals surface area contributed by atoms with Crippen molar-refractivity contribution < 1.29 is 14.4 Å². The van der Waals surface area contributed by atoms with Crippen LogP contribution in [0.15, 0.2) is 54.9 Å². The first-order valence-electron chi connectivity index (χ1n) is 10.9. The molecule has 0 spiro atoms. The van der Waals surface area contributed by atoms with E-state index in [9.17, 15) is 10.1 Å². The first kappa shape index (κ1) is 21.7. The molecule has 11 nitrogen and oxygen atoms in total. The third-order valence-electron chi connectivity index (χ3n) is 5.71. The maximum atomic E-state index is 11.0. The summed E-state index contributed by atoms with van der Waals surface area (Å²) in [6.07, 6.45) is 1.37. The molecule has 1 aliphatic rings. The highest BCUT2D eigenvalue weighted by Gasteiger charge is 2.19. The second-order valence-electron chi connectivity index (χ2n) is 7.82. The molecular formula is C23H23N7O4. The summed E-state index contributed by atoms with van der Waals surface area (Å²) >= 11 is 0. The van der Waals surface area contributed by atoms with Gasteiger partial charge < -0.3 is 15.2 Å². The van der Waals surface area contributed by atoms with Crippen LogP contribution in [0.25, 0.3) is 28.0 Å². The largest absolute Gasteiger partial charge is 0.492 e. The van der Waals surface area contributed by atoms with E-state index >= 15 is 0 Å². The van der Waals surface area contributed by atoms with Crippen LogP contribution in [0.1, 0.15) is 0 Å². The number of nitrogen functional groups attached to an aromatic ring is 1. The lowest BCUT2D eigenvalue weighted by Gasteiger charge is -2.26. The Morgan fingerprint density at radius 1 is 1.06 bits per heavy atom. The molecule has 0 saturated carbocycles. The van der Waals surface area contributed by atoms with Gasteiger partial charge >= 0.3 is 0 Å². The number of aromatic nitrogens is 4. The minimum Gasteiger partial charge on any atom is -0.492 e. The first-order chi connectivity index (χ1) is 16.6. The molecule has 2 N–H and O–H groups in total. The van der Waals surface area contributed by atoms with E-state index < -0.39 is 4.92 Å². The average molecular weight is 461 g/mol. The molecule has 0 amide bonds. The lowest BCUT2D eigenvalue weighted by Crippen LogP contribution is -2.38. The Kier molecular flexibility index (Phi) is 6.02. The Hall–Kier alpha value is -4.09. The summed E-state index contributed by atoms with van der Waals surface area (Å²) in [6.45, 7) is 4.83. The molecule has 174 valence electrons. The molecule has 5 rings (SSSR count). The van der Waals surface area contributed by atoms with E-state index in [4.69, 9.17) is 20.3 Å². The molecule has 0 aliphatic carbocycles.